The summed E-state index contributed by atoms with van der Waals surface area (Å²) in [5, 5.41) is 31.7. The van der Waals surface area contributed by atoms with Crippen LogP contribution in [0.3, 0.4) is 0 Å². The number of nitrogens with zero attached hydrogens (tertiary/aromatic N) is 1. The SMILES string of the molecule is Nc1cc(F)cc2c1CN(C1(O)C(=O)NC(=O)C(O)C1O)C2=O. The molecule has 0 bridgehead atoms. The fourth-order valence-corrected chi connectivity index (χ4v) is 2.73. The van der Waals surface area contributed by atoms with Crippen molar-refractivity contribution in [2.24, 2.45) is 0 Å². The number of benzene rings is 1. The summed E-state index contributed by atoms with van der Waals surface area (Å²) < 4.78 is 13.4. The van der Waals surface area contributed by atoms with Gasteiger partial charge < -0.3 is 21.1 Å². The maximum absolute atomic E-state index is 13.4. The number of fused-ring (bicyclic) bond motifs is 1. The Morgan fingerprint density at radius 2 is 1.96 bits per heavy atom. The van der Waals surface area contributed by atoms with Crippen molar-refractivity contribution in [3.05, 3.63) is 29.1 Å². The molecule has 2 heterocycles. The van der Waals surface area contributed by atoms with Crippen molar-refractivity contribution < 1.29 is 34.1 Å². The van der Waals surface area contributed by atoms with E-state index in [0.29, 0.717) is 4.90 Å². The standard InChI is InChI=1S/C13H12FN3O6/c14-4-1-5-6(7(15)2-4)3-17(11(5)21)13(23)9(19)8(18)10(20)16-12(13)22/h1-2,8-9,18-19,23H,3,15H2,(H,16,20,22). The number of anilines is 1. The van der Waals surface area contributed by atoms with Gasteiger partial charge in [-0.15, -0.1) is 0 Å². The number of carbonyl (C=O) groups is 3. The summed E-state index contributed by atoms with van der Waals surface area (Å²) >= 11 is 0. The molecular weight excluding hydrogens is 313 g/mol. The molecule has 0 radical (unpaired) electrons. The summed E-state index contributed by atoms with van der Waals surface area (Å²) in [7, 11) is 0. The first-order valence-corrected chi connectivity index (χ1v) is 6.51. The number of aliphatic hydroxyl groups excluding tert-OH is 2. The van der Waals surface area contributed by atoms with Gasteiger partial charge in [0.05, 0.1) is 6.54 Å². The van der Waals surface area contributed by atoms with Crippen molar-refractivity contribution in [1.82, 2.24) is 10.2 Å². The highest BCUT2D eigenvalue weighted by atomic mass is 19.1. The van der Waals surface area contributed by atoms with Gasteiger partial charge in [-0.25, -0.2) is 4.39 Å². The molecule has 1 fully saturated rings. The number of nitrogens with two attached hydrogens (primary N) is 1. The summed E-state index contributed by atoms with van der Waals surface area (Å²) in [5.74, 6) is -4.33. The first-order valence-electron chi connectivity index (χ1n) is 6.51. The monoisotopic (exact) mass is 325 g/mol. The number of piperidine rings is 1. The second kappa shape index (κ2) is 4.72. The number of hydrogen-bond donors (Lipinski definition) is 5. The number of nitrogens with one attached hydrogen (secondary N) is 1. The van der Waals surface area contributed by atoms with E-state index in [1.54, 1.807) is 5.32 Å². The van der Waals surface area contributed by atoms with E-state index in [9.17, 15) is 34.1 Å². The molecule has 6 N–H and O–H groups in total. The molecule has 122 valence electrons. The lowest BCUT2D eigenvalue weighted by atomic mass is 9.94. The van der Waals surface area contributed by atoms with Crippen molar-refractivity contribution in [2.45, 2.75) is 24.5 Å². The molecule has 2 aliphatic heterocycles. The van der Waals surface area contributed by atoms with Crippen molar-refractivity contribution in [1.29, 1.82) is 0 Å². The van der Waals surface area contributed by atoms with Gasteiger partial charge in [0.2, 0.25) is 0 Å². The number of nitrogen functional groups attached to an aromatic ring is 1. The van der Waals surface area contributed by atoms with Crippen LogP contribution < -0.4 is 11.1 Å². The summed E-state index contributed by atoms with van der Waals surface area (Å²) in [5.41, 5.74) is 2.64. The average Bonchev–Trinajstić information content (AvgIpc) is 2.81. The van der Waals surface area contributed by atoms with E-state index in [1.807, 2.05) is 0 Å². The Morgan fingerprint density at radius 3 is 2.61 bits per heavy atom. The Labute approximate surface area is 128 Å². The van der Waals surface area contributed by atoms with Crippen LogP contribution in [0, 0.1) is 5.82 Å². The molecule has 10 heteroatoms. The molecule has 0 spiro atoms. The first-order chi connectivity index (χ1) is 10.7. The van der Waals surface area contributed by atoms with Gasteiger partial charge in [-0.1, -0.05) is 0 Å². The number of carbonyl (C=O) groups excluding carboxylic acids is 3. The highest BCUT2D eigenvalue weighted by Gasteiger charge is 2.60. The van der Waals surface area contributed by atoms with Gasteiger partial charge in [-0.05, 0) is 12.1 Å². The van der Waals surface area contributed by atoms with Crippen LogP contribution in [-0.2, 0) is 16.1 Å². The van der Waals surface area contributed by atoms with Crippen molar-refractivity contribution in [2.75, 3.05) is 5.73 Å². The van der Waals surface area contributed by atoms with Gasteiger partial charge in [-0.3, -0.25) is 24.6 Å². The molecule has 9 nitrogen and oxygen atoms in total. The highest BCUT2D eigenvalue weighted by molar-refractivity contribution is 6.09. The molecule has 3 rings (SSSR count). The predicted octanol–water partition coefficient (Wildman–Crippen LogP) is -2.57. The topological polar surface area (TPSA) is 153 Å². The van der Waals surface area contributed by atoms with Crippen LogP contribution in [0.4, 0.5) is 10.1 Å². The summed E-state index contributed by atoms with van der Waals surface area (Å²) in [6.07, 6.45) is -4.39. The van der Waals surface area contributed by atoms with Crippen LogP contribution in [0.5, 0.6) is 0 Å². The Balaban J connectivity index is 2.06. The van der Waals surface area contributed by atoms with Crippen LogP contribution in [0.25, 0.3) is 0 Å². The molecule has 23 heavy (non-hydrogen) atoms. The minimum atomic E-state index is -2.90. The van der Waals surface area contributed by atoms with Crippen LogP contribution >= 0.6 is 0 Å². The molecule has 3 amide bonds. The Hall–Kier alpha value is -2.56. The zero-order valence-electron chi connectivity index (χ0n) is 11.5. The molecule has 2 aliphatic rings. The number of hydrogen-bond acceptors (Lipinski definition) is 7. The van der Waals surface area contributed by atoms with Gasteiger partial charge in [0.15, 0.2) is 6.10 Å². The zero-order chi connectivity index (χ0) is 17.1. The molecule has 1 saturated heterocycles. The molecule has 3 unspecified atom stereocenters. The van der Waals surface area contributed by atoms with Crippen LogP contribution in [0.1, 0.15) is 15.9 Å². The second-order valence-corrected chi connectivity index (χ2v) is 5.35. The number of halogens is 1. The van der Waals surface area contributed by atoms with Crippen LogP contribution in [-0.4, -0.2) is 55.9 Å². The van der Waals surface area contributed by atoms with Gasteiger partial charge >= 0.3 is 0 Å². The fraction of sp³-hybridized carbons (Fsp3) is 0.308. The minimum Gasteiger partial charge on any atom is -0.398 e. The second-order valence-electron chi connectivity index (χ2n) is 5.35. The molecule has 3 atom stereocenters. The van der Waals surface area contributed by atoms with Crippen LogP contribution in [0.15, 0.2) is 12.1 Å². The van der Waals surface area contributed by atoms with E-state index in [2.05, 4.69) is 0 Å². The lowest BCUT2D eigenvalue weighted by Gasteiger charge is -2.42. The molecule has 1 aromatic rings. The smallest absolute Gasteiger partial charge is 0.283 e. The maximum Gasteiger partial charge on any atom is 0.283 e. The van der Waals surface area contributed by atoms with Crippen molar-refractivity contribution in [3.63, 3.8) is 0 Å². The average molecular weight is 325 g/mol. The van der Waals surface area contributed by atoms with Crippen LogP contribution in [0.2, 0.25) is 0 Å². The Kier molecular flexibility index (Phi) is 3.15. The van der Waals surface area contributed by atoms with E-state index in [4.69, 9.17) is 5.73 Å². The predicted molar refractivity (Wildman–Crippen MR) is 70.8 cm³/mol. The third-order valence-electron chi connectivity index (χ3n) is 4.00. The number of imide groups is 1. The summed E-state index contributed by atoms with van der Waals surface area (Å²) in [4.78, 5) is 36.2. The van der Waals surface area contributed by atoms with Crippen molar-refractivity contribution in [3.8, 4) is 0 Å². The molecule has 0 aromatic heterocycles. The van der Waals surface area contributed by atoms with E-state index < -0.39 is 48.0 Å². The number of amides is 3. The maximum atomic E-state index is 13.4. The van der Waals surface area contributed by atoms with E-state index >= 15 is 0 Å². The molecule has 1 aromatic carbocycles. The highest BCUT2D eigenvalue weighted by Crippen LogP contribution is 2.35. The third-order valence-corrected chi connectivity index (χ3v) is 4.00. The number of rotatable bonds is 1. The van der Waals surface area contributed by atoms with Gasteiger partial charge in [-0.2, -0.15) is 0 Å². The lowest BCUT2D eigenvalue weighted by molar-refractivity contribution is -0.210. The van der Waals surface area contributed by atoms with E-state index in [0.717, 1.165) is 12.1 Å². The zero-order valence-corrected chi connectivity index (χ0v) is 11.5. The summed E-state index contributed by atoms with van der Waals surface area (Å²) in [6.45, 7) is -0.401. The van der Waals surface area contributed by atoms with E-state index in [1.165, 1.54) is 0 Å². The van der Waals surface area contributed by atoms with Crippen molar-refractivity contribution >= 4 is 23.4 Å². The molecule has 0 saturated carbocycles. The normalized spacial score (nSPS) is 30.4. The first kappa shape index (κ1) is 15.3. The largest absolute Gasteiger partial charge is 0.398 e. The van der Waals surface area contributed by atoms with Gasteiger partial charge in [0.25, 0.3) is 23.4 Å². The Morgan fingerprint density at radius 1 is 1.30 bits per heavy atom. The molecule has 0 aliphatic carbocycles. The lowest BCUT2D eigenvalue weighted by Crippen LogP contribution is -2.74. The quantitative estimate of drug-likeness (QED) is 0.281. The minimum absolute atomic E-state index is 0.0678. The van der Waals surface area contributed by atoms with E-state index in [-0.39, 0.29) is 16.8 Å². The fourth-order valence-electron chi connectivity index (χ4n) is 2.73. The molecular formula is C13H12FN3O6. The van der Waals surface area contributed by atoms with Gasteiger partial charge in [0, 0.05) is 16.8 Å². The number of aliphatic hydroxyl groups is 3. The van der Waals surface area contributed by atoms with Gasteiger partial charge in [0.1, 0.15) is 11.9 Å². The summed E-state index contributed by atoms with van der Waals surface area (Å²) in [6, 6.07) is 1.85. The Bertz CT molecular complexity index is 753. The third kappa shape index (κ3) is 1.92.